The van der Waals surface area contributed by atoms with E-state index in [1.165, 1.54) is 6.92 Å². The highest BCUT2D eigenvalue weighted by Crippen LogP contribution is 2.27. The molecule has 1 aromatic rings. The molecule has 0 amide bonds. The van der Waals surface area contributed by atoms with Crippen LogP contribution in [0, 0.1) is 6.92 Å². The minimum absolute atomic E-state index is 0.238. The fraction of sp³-hybridized carbons (Fsp3) is 0.286. The molecule has 0 spiro atoms. The Balaban J connectivity index is 3.16. The zero-order chi connectivity index (χ0) is 10.9. The molecule has 78 valence electrons. The number of nitrogens with one attached hydrogen (secondary N) is 1. The van der Waals surface area contributed by atoms with E-state index in [0.717, 1.165) is 6.07 Å². The third kappa shape index (κ3) is 2.41. The van der Waals surface area contributed by atoms with Gasteiger partial charge in [-0.25, -0.2) is 0 Å². The number of alkyl halides is 3. The molecule has 0 aliphatic carbocycles. The summed E-state index contributed by atoms with van der Waals surface area (Å²) in [5.41, 5.74) is -0.887. The van der Waals surface area contributed by atoms with E-state index in [9.17, 15) is 18.0 Å². The molecule has 0 saturated carbocycles. The summed E-state index contributed by atoms with van der Waals surface area (Å²) in [5.74, 6) is -1.99. The van der Waals surface area contributed by atoms with Crippen LogP contribution in [0.3, 0.4) is 0 Å². The van der Waals surface area contributed by atoms with Crippen LogP contribution in [0.25, 0.3) is 0 Å². The fourth-order valence-corrected chi connectivity index (χ4v) is 0.873. The molecule has 0 radical (unpaired) electrons. The molecule has 4 nitrogen and oxygen atoms in total. The van der Waals surface area contributed by atoms with E-state index in [1.54, 1.807) is 0 Å². The van der Waals surface area contributed by atoms with Crippen molar-refractivity contribution in [2.45, 2.75) is 13.3 Å². The number of rotatable bonds is 1. The lowest BCUT2D eigenvalue weighted by Crippen LogP contribution is -2.23. The maximum Gasteiger partial charge on any atom is 0.573 e. The average molecular weight is 209 g/mol. The van der Waals surface area contributed by atoms with E-state index < -0.39 is 23.4 Å². The fourth-order valence-electron chi connectivity index (χ4n) is 0.873. The molecule has 0 saturated heterocycles. The van der Waals surface area contributed by atoms with Crippen LogP contribution in [0.4, 0.5) is 13.2 Å². The van der Waals surface area contributed by atoms with Crippen LogP contribution in [0.5, 0.6) is 11.5 Å². The van der Waals surface area contributed by atoms with Gasteiger partial charge in [-0.3, -0.25) is 4.79 Å². The highest BCUT2D eigenvalue weighted by atomic mass is 19.4. The van der Waals surface area contributed by atoms with Gasteiger partial charge in [0.15, 0.2) is 5.75 Å². The molecule has 0 unspecified atom stereocenters. The number of hydrogen-bond donors (Lipinski definition) is 2. The maximum atomic E-state index is 11.7. The van der Waals surface area contributed by atoms with Crippen LogP contribution in [0.15, 0.2) is 10.9 Å². The summed E-state index contributed by atoms with van der Waals surface area (Å²) in [6, 6.07) is 0.961. The summed E-state index contributed by atoms with van der Waals surface area (Å²) in [7, 11) is 0. The summed E-state index contributed by atoms with van der Waals surface area (Å²) < 4.78 is 38.5. The zero-order valence-corrected chi connectivity index (χ0v) is 6.97. The monoisotopic (exact) mass is 209 g/mol. The highest BCUT2D eigenvalue weighted by molar-refractivity contribution is 5.37. The van der Waals surface area contributed by atoms with Crippen molar-refractivity contribution in [2.75, 3.05) is 0 Å². The third-order valence-corrected chi connectivity index (χ3v) is 1.32. The highest BCUT2D eigenvalue weighted by Gasteiger charge is 2.33. The van der Waals surface area contributed by atoms with Crippen molar-refractivity contribution in [1.82, 2.24) is 4.98 Å². The summed E-state index contributed by atoms with van der Waals surface area (Å²) >= 11 is 0. The molecular formula is C7H6F3NO3. The van der Waals surface area contributed by atoms with E-state index in [0.29, 0.717) is 0 Å². The predicted octanol–water partition coefficient (Wildman–Crippen LogP) is 1.29. The number of hydrogen-bond acceptors (Lipinski definition) is 3. The molecule has 7 heteroatoms. The van der Waals surface area contributed by atoms with Crippen LogP contribution < -0.4 is 10.3 Å². The Morgan fingerprint density at radius 2 is 2.07 bits per heavy atom. The Kier molecular flexibility index (Phi) is 2.41. The molecule has 0 aliphatic rings. The molecule has 14 heavy (non-hydrogen) atoms. The van der Waals surface area contributed by atoms with Gasteiger partial charge in [0.25, 0.3) is 5.56 Å². The van der Waals surface area contributed by atoms with Crippen molar-refractivity contribution in [3.8, 4) is 11.5 Å². The molecule has 1 aromatic heterocycles. The SMILES string of the molecule is Cc1cc(O)c(OC(F)(F)F)c(=O)[nH]1. The van der Waals surface area contributed by atoms with Crippen LogP contribution in [0.1, 0.15) is 5.69 Å². The molecule has 1 rings (SSSR count). The van der Waals surface area contributed by atoms with Gasteiger partial charge in [-0.2, -0.15) is 0 Å². The lowest BCUT2D eigenvalue weighted by molar-refractivity contribution is -0.275. The number of aryl methyl sites for hydroxylation is 1. The largest absolute Gasteiger partial charge is 0.573 e. The first-order valence-electron chi connectivity index (χ1n) is 3.48. The molecule has 1 heterocycles. The molecule has 0 bridgehead atoms. The zero-order valence-electron chi connectivity index (χ0n) is 6.97. The standard InChI is InChI=1S/C7H6F3NO3/c1-3-2-4(12)5(6(13)11-3)14-7(8,9)10/h2H,1H3,(H2,11,12,13). The second-order valence-electron chi connectivity index (χ2n) is 2.54. The number of aromatic amines is 1. The minimum Gasteiger partial charge on any atom is -0.504 e. The minimum atomic E-state index is -5.00. The van der Waals surface area contributed by atoms with E-state index in [4.69, 9.17) is 5.11 Å². The molecule has 0 aliphatic heterocycles. The van der Waals surface area contributed by atoms with Gasteiger partial charge in [0, 0.05) is 11.8 Å². The molecule has 0 atom stereocenters. The van der Waals surface area contributed by atoms with E-state index in [1.807, 2.05) is 0 Å². The number of H-pyrrole nitrogens is 1. The van der Waals surface area contributed by atoms with Crippen molar-refractivity contribution in [2.24, 2.45) is 0 Å². The molecule has 2 N–H and O–H groups in total. The van der Waals surface area contributed by atoms with E-state index in [-0.39, 0.29) is 5.69 Å². The number of aromatic hydroxyl groups is 1. The van der Waals surface area contributed by atoms with Gasteiger partial charge in [0.2, 0.25) is 5.75 Å². The normalized spacial score (nSPS) is 11.4. The number of aromatic nitrogens is 1. The van der Waals surface area contributed by atoms with Crippen LogP contribution in [-0.2, 0) is 0 Å². The summed E-state index contributed by atoms with van der Waals surface area (Å²) in [6.45, 7) is 1.42. The van der Waals surface area contributed by atoms with E-state index >= 15 is 0 Å². The van der Waals surface area contributed by atoms with Crippen molar-refractivity contribution in [1.29, 1.82) is 0 Å². The van der Waals surface area contributed by atoms with Gasteiger partial charge in [0.1, 0.15) is 0 Å². The second kappa shape index (κ2) is 3.24. The Bertz CT molecular complexity index is 396. The van der Waals surface area contributed by atoms with Crippen molar-refractivity contribution in [3.05, 3.63) is 22.1 Å². The lowest BCUT2D eigenvalue weighted by Gasteiger charge is -2.09. The van der Waals surface area contributed by atoms with Crippen LogP contribution in [-0.4, -0.2) is 16.5 Å². The topological polar surface area (TPSA) is 62.3 Å². The van der Waals surface area contributed by atoms with E-state index in [2.05, 4.69) is 9.72 Å². The molecule has 0 fully saturated rings. The summed E-state index contributed by atoms with van der Waals surface area (Å²) in [4.78, 5) is 13.0. The Labute approximate surface area is 75.9 Å². The Morgan fingerprint density at radius 1 is 1.50 bits per heavy atom. The molecular weight excluding hydrogens is 203 g/mol. The quantitative estimate of drug-likeness (QED) is 0.732. The Morgan fingerprint density at radius 3 is 2.50 bits per heavy atom. The third-order valence-electron chi connectivity index (χ3n) is 1.32. The first kappa shape index (κ1) is 10.4. The van der Waals surface area contributed by atoms with Gasteiger partial charge < -0.3 is 14.8 Å². The number of pyridine rings is 1. The molecule has 0 aromatic carbocycles. The van der Waals surface area contributed by atoms with Gasteiger partial charge in [-0.1, -0.05) is 0 Å². The lowest BCUT2D eigenvalue weighted by atomic mass is 10.3. The maximum absolute atomic E-state index is 11.7. The van der Waals surface area contributed by atoms with Crippen molar-refractivity contribution in [3.63, 3.8) is 0 Å². The summed E-state index contributed by atoms with van der Waals surface area (Å²) in [5, 5.41) is 8.99. The Hall–Kier alpha value is -1.66. The smallest absolute Gasteiger partial charge is 0.504 e. The van der Waals surface area contributed by atoms with Crippen molar-refractivity contribution >= 4 is 0 Å². The van der Waals surface area contributed by atoms with Gasteiger partial charge >= 0.3 is 6.36 Å². The van der Waals surface area contributed by atoms with Crippen LogP contribution >= 0.6 is 0 Å². The average Bonchev–Trinajstić information content (AvgIpc) is 1.95. The predicted molar refractivity (Wildman–Crippen MR) is 40.1 cm³/mol. The van der Waals surface area contributed by atoms with Gasteiger partial charge in [0.05, 0.1) is 0 Å². The van der Waals surface area contributed by atoms with Gasteiger partial charge in [-0.05, 0) is 6.92 Å². The van der Waals surface area contributed by atoms with Crippen molar-refractivity contribution < 1.29 is 23.0 Å². The number of halogens is 3. The summed E-state index contributed by atoms with van der Waals surface area (Å²) in [6.07, 6.45) is -5.00. The van der Waals surface area contributed by atoms with Crippen LogP contribution in [0.2, 0.25) is 0 Å². The first-order valence-corrected chi connectivity index (χ1v) is 3.48. The number of ether oxygens (including phenoxy) is 1. The second-order valence-corrected chi connectivity index (χ2v) is 2.54. The first-order chi connectivity index (χ1) is 6.29. The van der Waals surface area contributed by atoms with Gasteiger partial charge in [-0.15, -0.1) is 13.2 Å².